The molecule has 0 saturated heterocycles. The lowest BCUT2D eigenvalue weighted by molar-refractivity contribution is 0.195. The highest BCUT2D eigenvalue weighted by molar-refractivity contribution is 6.35. The zero-order chi connectivity index (χ0) is 9.14. The van der Waals surface area contributed by atoms with Crippen LogP contribution in [0.3, 0.4) is 0 Å². The first-order valence-corrected chi connectivity index (χ1v) is 4.47. The molecule has 0 unspecified atom stereocenters. The number of hydrogen-bond donors (Lipinski definition) is 1. The SMILES string of the molecule is C[C@H](O)Cc1ccc(Cl)cc1Cl. The maximum absolute atomic E-state index is 9.11. The first-order chi connectivity index (χ1) is 5.59. The van der Waals surface area contributed by atoms with Crippen molar-refractivity contribution in [3.63, 3.8) is 0 Å². The third kappa shape index (κ3) is 2.67. The molecule has 1 N–H and O–H groups in total. The fourth-order valence-corrected chi connectivity index (χ4v) is 1.49. The normalized spacial score (nSPS) is 13.0. The van der Waals surface area contributed by atoms with Gasteiger partial charge in [-0.1, -0.05) is 29.3 Å². The first-order valence-electron chi connectivity index (χ1n) is 3.71. The minimum absolute atomic E-state index is 0.372. The van der Waals surface area contributed by atoms with Crippen molar-refractivity contribution in [2.24, 2.45) is 0 Å². The second kappa shape index (κ2) is 4.13. The summed E-state index contributed by atoms with van der Waals surface area (Å²) in [4.78, 5) is 0. The van der Waals surface area contributed by atoms with Crippen LogP contribution in [0.2, 0.25) is 10.0 Å². The highest BCUT2D eigenvalue weighted by Crippen LogP contribution is 2.21. The lowest BCUT2D eigenvalue weighted by atomic mass is 10.1. The van der Waals surface area contributed by atoms with Crippen LogP contribution in [-0.2, 0) is 6.42 Å². The van der Waals surface area contributed by atoms with E-state index in [-0.39, 0.29) is 6.10 Å². The predicted molar refractivity (Wildman–Crippen MR) is 51.8 cm³/mol. The van der Waals surface area contributed by atoms with Crippen LogP contribution in [0.5, 0.6) is 0 Å². The molecule has 0 aromatic heterocycles. The lowest BCUT2D eigenvalue weighted by Gasteiger charge is -2.06. The molecular weight excluding hydrogens is 195 g/mol. The van der Waals surface area contributed by atoms with E-state index in [4.69, 9.17) is 28.3 Å². The Morgan fingerprint density at radius 2 is 2.08 bits per heavy atom. The quantitative estimate of drug-likeness (QED) is 0.786. The number of aliphatic hydroxyl groups excluding tert-OH is 1. The monoisotopic (exact) mass is 204 g/mol. The molecule has 0 aliphatic rings. The van der Waals surface area contributed by atoms with Crippen molar-refractivity contribution in [2.75, 3.05) is 0 Å². The van der Waals surface area contributed by atoms with Crippen LogP contribution in [0.25, 0.3) is 0 Å². The summed E-state index contributed by atoms with van der Waals surface area (Å²) in [6, 6.07) is 5.28. The summed E-state index contributed by atoms with van der Waals surface area (Å²) in [6.45, 7) is 1.73. The van der Waals surface area contributed by atoms with Crippen molar-refractivity contribution >= 4 is 23.2 Å². The van der Waals surface area contributed by atoms with Crippen molar-refractivity contribution in [1.82, 2.24) is 0 Å². The van der Waals surface area contributed by atoms with Gasteiger partial charge in [0.1, 0.15) is 0 Å². The molecule has 0 aliphatic carbocycles. The molecule has 1 nitrogen and oxygen atoms in total. The van der Waals surface area contributed by atoms with Gasteiger partial charge in [0.25, 0.3) is 0 Å². The zero-order valence-corrected chi connectivity index (χ0v) is 8.23. The van der Waals surface area contributed by atoms with Crippen LogP contribution in [0.1, 0.15) is 12.5 Å². The van der Waals surface area contributed by atoms with Gasteiger partial charge in [-0.3, -0.25) is 0 Å². The zero-order valence-electron chi connectivity index (χ0n) is 6.72. The van der Waals surface area contributed by atoms with Crippen LogP contribution in [0.15, 0.2) is 18.2 Å². The van der Waals surface area contributed by atoms with E-state index in [9.17, 15) is 0 Å². The van der Waals surface area contributed by atoms with Gasteiger partial charge in [0.15, 0.2) is 0 Å². The van der Waals surface area contributed by atoms with Gasteiger partial charge < -0.3 is 5.11 Å². The molecule has 1 rings (SSSR count). The third-order valence-electron chi connectivity index (χ3n) is 1.53. The Hall–Kier alpha value is -0.240. The van der Waals surface area contributed by atoms with E-state index in [0.29, 0.717) is 16.5 Å². The molecule has 12 heavy (non-hydrogen) atoms. The molecule has 1 atom stereocenters. The van der Waals surface area contributed by atoms with E-state index in [1.807, 2.05) is 6.07 Å². The van der Waals surface area contributed by atoms with Gasteiger partial charge in [0.2, 0.25) is 0 Å². The van der Waals surface area contributed by atoms with Crippen molar-refractivity contribution in [2.45, 2.75) is 19.4 Å². The van der Waals surface area contributed by atoms with Crippen LogP contribution >= 0.6 is 23.2 Å². The summed E-state index contributed by atoms with van der Waals surface area (Å²) in [5.41, 5.74) is 0.927. The van der Waals surface area contributed by atoms with Crippen LogP contribution in [-0.4, -0.2) is 11.2 Å². The minimum atomic E-state index is -0.372. The predicted octanol–water partition coefficient (Wildman–Crippen LogP) is 2.92. The summed E-state index contributed by atoms with van der Waals surface area (Å²) in [7, 11) is 0. The molecule has 1 aromatic rings. The number of halogens is 2. The third-order valence-corrected chi connectivity index (χ3v) is 2.12. The van der Waals surface area contributed by atoms with E-state index in [0.717, 1.165) is 5.56 Å². The Bertz CT molecular complexity index is 271. The Balaban J connectivity index is 2.86. The van der Waals surface area contributed by atoms with Gasteiger partial charge in [-0.05, 0) is 31.0 Å². The van der Waals surface area contributed by atoms with Gasteiger partial charge in [-0.2, -0.15) is 0 Å². The lowest BCUT2D eigenvalue weighted by Crippen LogP contribution is -2.04. The maximum atomic E-state index is 9.11. The van der Waals surface area contributed by atoms with Crippen molar-refractivity contribution in [3.05, 3.63) is 33.8 Å². The number of benzene rings is 1. The molecule has 1 aromatic carbocycles. The van der Waals surface area contributed by atoms with Crippen molar-refractivity contribution < 1.29 is 5.11 Å². The summed E-state index contributed by atoms with van der Waals surface area (Å²) in [6.07, 6.45) is 0.194. The molecule has 0 saturated carbocycles. The molecule has 66 valence electrons. The maximum Gasteiger partial charge on any atom is 0.0552 e. The van der Waals surface area contributed by atoms with Crippen LogP contribution in [0, 0.1) is 0 Å². The Labute approximate surface area is 81.9 Å². The Kier molecular flexibility index (Phi) is 3.39. The summed E-state index contributed by atoms with van der Waals surface area (Å²) >= 11 is 11.6. The Morgan fingerprint density at radius 3 is 2.58 bits per heavy atom. The average molecular weight is 205 g/mol. The van der Waals surface area contributed by atoms with E-state index < -0.39 is 0 Å². The highest BCUT2D eigenvalue weighted by atomic mass is 35.5. The van der Waals surface area contributed by atoms with E-state index in [1.54, 1.807) is 19.1 Å². The van der Waals surface area contributed by atoms with Crippen molar-refractivity contribution in [3.8, 4) is 0 Å². The number of rotatable bonds is 2. The fourth-order valence-electron chi connectivity index (χ4n) is 1.01. The molecule has 0 amide bonds. The molecule has 0 fully saturated rings. The van der Waals surface area contributed by atoms with Crippen LogP contribution < -0.4 is 0 Å². The molecule has 0 spiro atoms. The minimum Gasteiger partial charge on any atom is -0.393 e. The Morgan fingerprint density at radius 1 is 1.42 bits per heavy atom. The fraction of sp³-hybridized carbons (Fsp3) is 0.333. The van der Waals surface area contributed by atoms with Gasteiger partial charge in [-0.25, -0.2) is 0 Å². The van der Waals surface area contributed by atoms with E-state index >= 15 is 0 Å². The van der Waals surface area contributed by atoms with Gasteiger partial charge >= 0.3 is 0 Å². The summed E-state index contributed by atoms with van der Waals surface area (Å²) in [5.74, 6) is 0. The number of hydrogen-bond acceptors (Lipinski definition) is 1. The average Bonchev–Trinajstić information content (AvgIpc) is 1.94. The van der Waals surface area contributed by atoms with Gasteiger partial charge in [-0.15, -0.1) is 0 Å². The van der Waals surface area contributed by atoms with Crippen molar-refractivity contribution in [1.29, 1.82) is 0 Å². The topological polar surface area (TPSA) is 20.2 Å². The van der Waals surface area contributed by atoms with Gasteiger partial charge in [0.05, 0.1) is 6.10 Å². The summed E-state index contributed by atoms with van der Waals surface area (Å²) in [5, 5.41) is 10.3. The number of aliphatic hydroxyl groups is 1. The smallest absolute Gasteiger partial charge is 0.0552 e. The first kappa shape index (κ1) is 9.85. The van der Waals surface area contributed by atoms with Gasteiger partial charge in [0, 0.05) is 10.0 Å². The standard InChI is InChI=1S/C9H10Cl2O/c1-6(12)4-7-2-3-8(10)5-9(7)11/h2-3,5-6,12H,4H2,1H3/t6-/m0/s1. The highest BCUT2D eigenvalue weighted by Gasteiger charge is 2.03. The molecule has 3 heteroatoms. The van der Waals surface area contributed by atoms with E-state index in [2.05, 4.69) is 0 Å². The summed E-state index contributed by atoms with van der Waals surface area (Å²) < 4.78 is 0. The molecule has 0 radical (unpaired) electrons. The molecule has 0 bridgehead atoms. The van der Waals surface area contributed by atoms with Crippen LogP contribution in [0.4, 0.5) is 0 Å². The second-order valence-electron chi connectivity index (χ2n) is 2.79. The second-order valence-corrected chi connectivity index (χ2v) is 3.63. The molecular formula is C9H10Cl2O. The molecule has 0 heterocycles. The van der Waals surface area contributed by atoms with E-state index in [1.165, 1.54) is 0 Å². The largest absolute Gasteiger partial charge is 0.393 e. The molecule has 0 aliphatic heterocycles.